The average Bonchev–Trinajstić information content (AvgIpc) is 2.28. The molecule has 0 atom stereocenters. The Morgan fingerprint density at radius 1 is 1.59 bits per heavy atom. The van der Waals surface area contributed by atoms with Crippen LogP contribution in [0, 0.1) is 10.1 Å². The van der Waals surface area contributed by atoms with E-state index in [1.807, 2.05) is 11.8 Å². The van der Waals surface area contributed by atoms with Crippen molar-refractivity contribution in [2.75, 3.05) is 29.1 Å². The molecule has 0 unspecified atom stereocenters. The van der Waals surface area contributed by atoms with Crippen LogP contribution in [0.5, 0.6) is 0 Å². The van der Waals surface area contributed by atoms with E-state index in [9.17, 15) is 10.1 Å². The smallest absolute Gasteiger partial charge is 0.276 e. The second-order valence-corrected chi connectivity index (χ2v) is 4.76. The highest BCUT2D eigenvalue weighted by atomic mass is 32.2. The largest absolute Gasteiger partial charge is 0.383 e. The zero-order valence-electron chi connectivity index (χ0n) is 9.68. The number of nitro groups is 1. The predicted octanol–water partition coefficient (Wildman–Crippen LogP) is 2.13. The van der Waals surface area contributed by atoms with Gasteiger partial charge in [-0.3, -0.25) is 10.1 Å². The molecule has 3 N–H and O–H groups in total. The van der Waals surface area contributed by atoms with Crippen molar-refractivity contribution in [2.24, 2.45) is 0 Å². The van der Waals surface area contributed by atoms with E-state index in [-0.39, 0.29) is 11.5 Å². The third-order valence-electron chi connectivity index (χ3n) is 2.02. The monoisotopic (exact) mass is 256 g/mol. The predicted molar refractivity (Wildman–Crippen MR) is 71.4 cm³/mol. The fraction of sp³-hybridized carbons (Fsp3) is 0.500. The fourth-order valence-electron chi connectivity index (χ4n) is 1.27. The van der Waals surface area contributed by atoms with Crippen LogP contribution in [0.2, 0.25) is 0 Å². The van der Waals surface area contributed by atoms with Gasteiger partial charge in [-0.25, -0.2) is 4.98 Å². The first kappa shape index (κ1) is 13.6. The van der Waals surface area contributed by atoms with Crippen molar-refractivity contribution in [3.05, 3.63) is 22.2 Å². The van der Waals surface area contributed by atoms with E-state index < -0.39 is 4.92 Å². The molecule has 0 spiro atoms. The van der Waals surface area contributed by atoms with Crippen LogP contribution < -0.4 is 11.1 Å². The summed E-state index contributed by atoms with van der Waals surface area (Å²) in [5.41, 5.74) is 5.45. The van der Waals surface area contributed by atoms with Gasteiger partial charge in [0.15, 0.2) is 0 Å². The van der Waals surface area contributed by atoms with Gasteiger partial charge in [0.05, 0.1) is 17.1 Å². The Bertz CT molecular complexity index is 387. The van der Waals surface area contributed by atoms with Gasteiger partial charge in [0.2, 0.25) is 0 Å². The van der Waals surface area contributed by atoms with Gasteiger partial charge in [-0.05, 0) is 17.9 Å². The first-order valence-corrected chi connectivity index (χ1v) is 6.52. The van der Waals surface area contributed by atoms with E-state index in [0.29, 0.717) is 5.82 Å². The molecule has 7 heteroatoms. The normalized spacial score (nSPS) is 10.2. The number of hydrogen-bond donors (Lipinski definition) is 2. The standard InChI is InChI=1S/C10H16N4O2S/c1-2-17-5-3-4-12-10-7-8(14(15)16)6-9(11)13-10/h6-7H,2-5H2,1H3,(H3,11,12,13). The third kappa shape index (κ3) is 4.90. The van der Waals surface area contributed by atoms with Crippen LogP contribution >= 0.6 is 11.8 Å². The molecule has 1 rings (SSSR count). The lowest BCUT2D eigenvalue weighted by Gasteiger charge is -2.05. The van der Waals surface area contributed by atoms with Crippen LogP contribution in [0.4, 0.5) is 17.3 Å². The van der Waals surface area contributed by atoms with E-state index in [2.05, 4.69) is 17.2 Å². The summed E-state index contributed by atoms with van der Waals surface area (Å²) in [6.07, 6.45) is 0.989. The van der Waals surface area contributed by atoms with Crippen molar-refractivity contribution in [1.29, 1.82) is 0 Å². The molecule has 0 bridgehead atoms. The zero-order valence-corrected chi connectivity index (χ0v) is 10.5. The summed E-state index contributed by atoms with van der Waals surface area (Å²) in [5, 5.41) is 13.6. The molecule has 17 heavy (non-hydrogen) atoms. The molecule has 0 radical (unpaired) electrons. The fourth-order valence-corrected chi connectivity index (χ4v) is 1.91. The number of thioether (sulfide) groups is 1. The number of nitrogens with one attached hydrogen (secondary N) is 1. The maximum atomic E-state index is 10.6. The number of nitrogen functional groups attached to an aromatic ring is 1. The molecular weight excluding hydrogens is 240 g/mol. The molecule has 0 aliphatic carbocycles. The molecule has 0 saturated heterocycles. The maximum Gasteiger partial charge on any atom is 0.276 e. The molecule has 6 nitrogen and oxygen atoms in total. The molecule has 0 aliphatic heterocycles. The molecule has 94 valence electrons. The van der Waals surface area contributed by atoms with Crippen molar-refractivity contribution < 1.29 is 4.92 Å². The van der Waals surface area contributed by atoms with Gasteiger partial charge in [-0.1, -0.05) is 6.92 Å². The Labute approximate surface area is 104 Å². The number of rotatable bonds is 7. The van der Waals surface area contributed by atoms with Crippen molar-refractivity contribution >= 4 is 29.1 Å². The molecule has 0 fully saturated rings. The van der Waals surface area contributed by atoms with Crippen LogP contribution in [0.1, 0.15) is 13.3 Å². The minimum absolute atomic E-state index is 0.0390. The molecule has 1 heterocycles. The topological polar surface area (TPSA) is 94.1 Å². The molecule has 1 aromatic heterocycles. The summed E-state index contributed by atoms with van der Waals surface area (Å²) in [4.78, 5) is 14.1. The number of nitrogens with zero attached hydrogens (tertiary/aromatic N) is 2. The van der Waals surface area contributed by atoms with Crippen molar-refractivity contribution in [3.8, 4) is 0 Å². The van der Waals surface area contributed by atoms with Crippen molar-refractivity contribution in [1.82, 2.24) is 4.98 Å². The summed E-state index contributed by atoms with van der Waals surface area (Å²) in [5.74, 6) is 2.78. The third-order valence-corrected chi connectivity index (χ3v) is 3.00. The van der Waals surface area contributed by atoms with E-state index in [1.165, 1.54) is 12.1 Å². The van der Waals surface area contributed by atoms with E-state index >= 15 is 0 Å². The minimum Gasteiger partial charge on any atom is -0.383 e. The number of pyridine rings is 1. The first-order valence-electron chi connectivity index (χ1n) is 5.37. The second-order valence-electron chi connectivity index (χ2n) is 3.37. The Kier molecular flexibility index (Phi) is 5.55. The van der Waals surface area contributed by atoms with Crippen LogP contribution in [-0.2, 0) is 0 Å². The Morgan fingerprint density at radius 2 is 2.35 bits per heavy atom. The van der Waals surface area contributed by atoms with Crippen LogP contribution in [0.3, 0.4) is 0 Å². The Morgan fingerprint density at radius 3 is 3.00 bits per heavy atom. The highest BCUT2D eigenvalue weighted by molar-refractivity contribution is 7.99. The van der Waals surface area contributed by atoms with Crippen molar-refractivity contribution in [2.45, 2.75) is 13.3 Å². The van der Waals surface area contributed by atoms with Gasteiger partial charge in [0.1, 0.15) is 11.6 Å². The first-order chi connectivity index (χ1) is 8.13. The summed E-state index contributed by atoms with van der Waals surface area (Å²) >= 11 is 1.86. The average molecular weight is 256 g/mol. The molecule has 0 aliphatic rings. The van der Waals surface area contributed by atoms with Gasteiger partial charge in [-0.2, -0.15) is 11.8 Å². The van der Waals surface area contributed by atoms with E-state index in [0.717, 1.165) is 24.5 Å². The number of hydrogen-bond acceptors (Lipinski definition) is 6. The van der Waals surface area contributed by atoms with Gasteiger partial charge >= 0.3 is 0 Å². The van der Waals surface area contributed by atoms with Gasteiger partial charge in [0, 0.05) is 6.54 Å². The lowest BCUT2D eigenvalue weighted by Crippen LogP contribution is -2.06. The lowest BCUT2D eigenvalue weighted by molar-refractivity contribution is -0.384. The molecule has 0 saturated carbocycles. The van der Waals surface area contributed by atoms with E-state index in [1.54, 1.807) is 0 Å². The Hall–Kier alpha value is -1.50. The number of aromatic nitrogens is 1. The van der Waals surface area contributed by atoms with Crippen LogP contribution in [0.15, 0.2) is 12.1 Å². The van der Waals surface area contributed by atoms with Crippen LogP contribution in [-0.4, -0.2) is 28.0 Å². The van der Waals surface area contributed by atoms with E-state index in [4.69, 9.17) is 5.73 Å². The SMILES string of the molecule is CCSCCCNc1cc([N+](=O)[O-])cc(N)n1. The van der Waals surface area contributed by atoms with Crippen LogP contribution in [0.25, 0.3) is 0 Å². The quantitative estimate of drug-likeness (QED) is 0.441. The van der Waals surface area contributed by atoms with Gasteiger partial charge < -0.3 is 11.1 Å². The maximum absolute atomic E-state index is 10.6. The minimum atomic E-state index is -0.476. The number of nitrogens with two attached hydrogens (primary N) is 1. The second kappa shape index (κ2) is 6.95. The summed E-state index contributed by atoms with van der Waals surface area (Å²) in [7, 11) is 0. The van der Waals surface area contributed by atoms with Gasteiger partial charge in [-0.15, -0.1) is 0 Å². The molecular formula is C10H16N4O2S. The summed E-state index contributed by atoms with van der Waals surface area (Å²) in [6.45, 7) is 2.85. The summed E-state index contributed by atoms with van der Waals surface area (Å²) in [6, 6.07) is 2.64. The molecule has 1 aromatic rings. The Balaban J connectivity index is 2.50. The van der Waals surface area contributed by atoms with Gasteiger partial charge in [0.25, 0.3) is 5.69 Å². The highest BCUT2D eigenvalue weighted by Crippen LogP contribution is 2.18. The van der Waals surface area contributed by atoms with Crippen molar-refractivity contribution in [3.63, 3.8) is 0 Å². The lowest BCUT2D eigenvalue weighted by atomic mass is 10.3. The summed E-state index contributed by atoms with van der Waals surface area (Å²) < 4.78 is 0. The molecule has 0 amide bonds. The zero-order chi connectivity index (χ0) is 12.7. The highest BCUT2D eigenvalue weighted by Gasteiger charge is 2.09. The molecule has 0 aromatic carbocycles. The number of anilines is 2.